The van der Waals surface area contributed by atoms with Gasteiger partial charge in [-0.1, -0.05) is 24.3 Å². The number of aromatic nitrogens is 3. The van der Waals surface area contributed by atoms with Crippen LogP contribution in [0.25, 0.3) is 11.3 Å². The molecular weight excluding hydrogens is 551 g/mol. The standard InChI is InChI=1S/C32H35FN6O4/c1-22-35-29(28-16-25(18-34-31(28)33)19-37-12-14-38(15-13-37)32(40)41)17-30(36-22)39(20-23-4-8-26(42-2)9-5-23)21-24-6-10-27(43-3)11-7-24/h4-11,16-18H,12-15,19-21H2,1-3H3,(H,40,41). The fourth-order valence-electron chi connectivity index (χ4n) is 5.09. The van der Waals surface area contributed by atoms with Gasteiger partial charge in [0, 0.05) is 58.1 Å². The first-order valence-electron chi connectivity index (χ1n) is 14.0. The molecule has 2 aromatic carbocycles. The number of pyridine rings is 1. The second kappa shape index (κ2) is 13.5. The quantitative estimate of drug-likeness (QED) is 0.257. The van der Waals surface area contributed by atoms with Gasteiger partial charge in [-0.05, 0) is 53.9 Å². The molecule has 1 aliphatic heterocycles. The van der Waals surface area contributed by atoms with Gasteiger partial charge in [-0.3, -0.25) is 4.90 Å². The zero-order valence-electron chi connectivity index (χ0n) is 24.5. The SMILES string of the molecule is COc1ccc(CN(Cc2ccc(OC)cc2)c2cc(-c3cc(CN4CCN(C(=O)O)CC4)cnc3F)nc(C)n2)cc1. The number of hydrogen-bond donors (Lipinski definition) is 1. The third kappa shape index (κ3) is 7.55. The highest BCUT2D eigenvalue weighted by molar-refractivity contribution is 5.65. The summed E-state index contributed by atoms with van der Waals surface area (Å²) in [5.41, 5.74) is 3.68. The molecule has 4 aromatic rings. The largest absolute Gasteiger partial charge is 0.497 e. The highest BCUT2D eigenvalue weighted by Crippen LogP contribution is 2.28. The number of rotatable bonds is 10. The van der Waals surface area contributed by atoms with Crippen LogP contribution in [0.15, 0.2) is 66.9 Å². The molecule has 1 amide bonds. The molecule has 1 saturated heterocycles. The van der Waals surface area contributed by atoms with Crippen LogP contribution in [0, 0.1) is 12.9 Å². The molecule has 0 atom stereocenters. The zero-order valence-corrected chi connectivity index (χ0v) is 24.5. The Bertz CT molecular complexity index is 1490. The molecule has 0 radical (unpaired) electrons. The van der Waals surface area contributed by atoms with Crippen LogP contribution in [0.2, 0.25) is 0 Å². The Hall–Kier alpha value is -4.77. The molecule has 5 rings (SSSR count). The first-order valence-corrected chi connectivity index (χ1v) is 14.0. The van der Waals surface area contributed by atoms with Gasteiger partial charge < -0.3 is 24.4 Å². The van der Waals surface area contributed by atoms with E-state index in [1.54, 1.807) is 33.3 Å². The summed E-state index contributed by atoms with van der Waals surface area (Å²) < 4.78 is 25.8. The minimum absolute atomic E-state index is 0.294. The lowest BCUT2D eigenvalue weighted by molar-refractivity contribution is 0.103. The van der Waals surface area contributed by atoms with Gasteiger partial charge in [0.05, 0.1) is 25.5 Å². The monoisotopic (exact) mass is 586 g/mol. The lowest BCUT2D eigenvalue weighted by Crippen LogP contribution is -2.47. The topological polar surface area (TPSA) is 104 Å². The van der Waals surface area contributed by atoms with Gasteiger partial charge in [-0.15, -0.1) is 0 Å². The van der Waals surface area contributed by atoms with Crippen molar-refractivity contribution in [1.82, 2.24) is 24.8 Å². The van der Waals surface area contributed by atoms with E-state index < -0.39 is 12.0 Å². The fourth-order valence-corrected chi connectivity index (χ4v) is 5.09. The minimum Gasteiger partial charge on any atom is -0.497 e. The van der Waals surface area contributed by atoms with Crippen LogP contribution in [0.5, 0.6) is 11.5 Å². The summed E-state index contributed by atoms with van der Waals surface area (Å²) in [6.07, 6.45) is 0.616. The maximum Gasteiger partial charge on any atom is 0.407 e. The maximum atomic E-state index is 15.2. The maximum absolute atomic E-state index is 15.2. The number of methoxy groups -OCH3 is 2. The Labute approximate surface area is 250 Å². The lowest BCUT2D eigenvalue weighted by atomic mass is 10.1. The molecule has 0 unspecified atom stereocenters. The van der Waals surface area contributed by atoms with Crippen molar-refractivity contribution in [2.24, 2.45) is 0 Å². The minimum atomic E-state index is -0.909. The van der Waals surface area contributed by atoms with E-state index in [2.05, 4.69) is 19.8 Å². The van der Waals surface area contributed by atoms with Gasteiger partial charge in [0.1, 0.15) is 23.1 Å². The van der Waals surface area contributed by atoms with Gasteiger partial charge in [0.15, 0.2) is 0 Å². The molecule has 224 valence electrons. The van der Waals surface area contributed by atoms with Crippen LogP contribution in [-0.2, 0) is 19.6 Å². The fraction of sp³-hybridized carbons (Fsp3) is 0.312. The zero-order chi connectivity index (χ0) is 30.3. The molecule has 0 aliphatic carbocycles. The molecule has 43 heavy (non-hydrogen) atoms. The van der Waals surface area contributed by atoms with Crippen molar-refractivity contribution in [3.05, 3.63) is 95.3 Å². The van der Waals surface area contributed by atoms with Crippen molar-refractivity contribution in [3.8, 4) is 22.8 Å². The number of benzene rings is 2. The number of anilines is 1. The molecule has 3 heterocycles. The average Bonchev–Trinajstić information content (AvgIpc) is 3.02. The van der Waals surface area contributed by atoms with Crippen LogP contribution < -0.4 is 14.4 Å². The molecule has 1 fully saturated rings. The van der Waals surface area contributed by atoms with Crippen molar-refractivity contribution in [1.29, 1.82) is 0 Å². The molecular formula is C32H35FN6O4. The first kappa shape index (κ1) is 29.7. The van der Waals surface area contributed by atoms with Gasteiger partial charge >= 0.3 is 6.09 Å². The van der Waals surface area contributed by atoms with Gasteiger partial charge in [-0.25, -0.2) is 19.7 Å². The Balaban J connectivity index is 1.43. The Morgan fingerprint density at radius 3 is 2.00 bits per heavy atom. The van der Waals surface area contributed by atoms with E-state index in [0.717, 1.165) is 28.2 Å². The summed E-state index contributed by atoms with van der Waals surface area (Å²) in [6, 6.07) is 19.3. The average molecular weight is 587 g/mol. The van der Waals surface area contributed by atoms with E-state index in [1.807, 2.05) is 48.5 Å². The Morgan fingerprint density at radius 2 is 1.47 bits per heavy atom. The summed E-state index contributed by atoms with van der Waals surface area (Å²) in [5, 5.41) is 9.23. The number of amides is 1. The van der Waals surface area contributed by atoms with E-state index in [0.29, 0.717) is 68.7 Å². The van der Waals surface area contributed by atoms with Crippen molar-refractivity contribution < 1.29 is 23.8 Å². The smallest absolute Gasteiger partial charge is 0.407 e. The van der Waals surface area contributed by atoms with Gasteiger partial charge in [0.25, 0.3) is 0 Å². The van der Waals surface area contributed by atoms with E-state index in [4.69, 9.17) is 14.5 Å². The van der Waals surface area contributed by atoms with Gasteiger partial charge in [0.2, 0.25) is 5.95 Å². The Kier molecular flexibility index (Phi) is 9.31. The normalized spacial score (nSPS) is 13.5. The van der Waals surface area contributed by atoms with E-state index in [9.17, 15) is 9.90 Å². The molecule has 11 heteroatoms. The third-order valence-corrected chi connectivity index (χ3v) is 7.43. The van der Waals surface area contributed by atoms with E-state index >= 15 is 4.39 Å². The molecule has 0 spiro atoms. The number of carboxylic acid groups (broad SMARTS) is 1. The summed E-state index contributed by atoms with van der Waals surface area (Å²) in [5.74, 6) is 2.11. The molecule has 2 aromatic heterocycles. The number of aryl methyl sites for hydroxylation is 1. The Morgan fingerprint density at radius 1 is 0.884 bits per heavy atom. The predicted octanol–water partition coefficient (Wildman–Crippen LogP) is 5.01. The summed E-state index contributed by atoms with van der Waals surface area (Å²) in [4.78, 5) is 30.3. The first-order chi connectivity index (χ1) is 20.8. The van der Waals surface area contributed by atoms with Crippen molar-refractivity contribution in [2.75, 3.05) is 45.3 Å². The number of piperazine rings is 1. The summed E-state index contributed by atoms with van der Waals surface area (Å²) in [6.45, 7) is 5.49. The number of halogens is 1. The molecule has 10 nitrogen and oxygen atoms in total. The number of ether oxygens (including phenoxy) is 2. The van der Waals surface area contributed by atoms with Crippen LogP contribution in [0.3, 0.4) is 0 Å². The second-order valence-electron chi connectivity index (χ2n) is 10.4. The number of carbonyl (C=O) groups is 1. The van der Waals surface area contributed by atoms with Crippen molar-refractivity contribution in [3.63, 3.8) is 0 Å². The summed E-state index contributed by atoms with van der Waals surface area (Å²) in [7, 11) is 3.27. The molecule has 0 saturated carbocycles. The number of hydrogen-bond acceptors (Lipinski definition) is 8. The number of nitrogens with zero attached hydrogens (tertiary/aromatic N) is 6. The van der Waals surface area contributed by atoms with E-state index in [-0.39, 0.29) is 0 Å². The van der Waals surface area contributed by atoms with Crippen molar-refractivity contribution in [2.45, 2.75) is 26.6 Å². The van der Waals surface area contributed by atoms with Crippen LogP contribution in [0.4, 0.5) is 15.0 Å². The van der Waals surface area contributed by atoms with Crippen LogP contribution in [-0.4, -0.2) is 76.4 Å². The highest BCUT2D eigenvalue weighted by atomic mass is 19.1. The van der Waals surface area contributed by atoms with E-state index in [1.165, 1.54) is 11.1 Å². The predicted molar refractivity (Wildman–Crippen MR) is 161 cm³/mol. The van der Waals surface area contributed by atoms with Crippen LogP contribution >= 0.6 is 0 Å². The lowest BCUT2D eigenvalue weighted by Gasteiger charge is -2.33. The van der Waals surface area contributed by atoms with Crippen molar-refractivity contribution >= 4 is 11.9 Å². The summed E-state index contributed by atoms with van der Waals surface area (Å²) >= 11 is 0. The molecule has 1 N–H and O–H groups in total. The third-order valence-electron chi connectivity index (χ3n) is 7.43. The molecule has 1 aliphatic rings. The van der Waals surface area contributed by atoms with Crippen LogP contribution in [0.1, 0.15) is 22.5 Å². The van der Waals surface area contributed by atoms with Gasteiger partial charge in [-0.2, -0.15) is 4.39 Å². The second-order valence-corrected chi connectivity index (χ2v) is 10.4. The molecule has 0 bridgehead atoms. The highest BCUT2D eigenvalue weighted by Gasteiger charge is 2.21.